The van der Waals surface area contributed by atoms with Crippen molar-refractivity contribution in [3.8, 4) is 5.75 Å². The van der Waals surface area contributed by atoms with Gasteiger partial charge in [0, 0.05) is 0 Å². The molecule has 1 aromatic carbocycles. The van der Waals surface area contributed by atoms with Crippen molar-refractivity contribution in [3.05, 3.63) is 29.8 Å². The van der Waals surface area contributed by atoms with Crippen LogP contribution in [0.4, 0.5) is 0 Å². The third-order valence-electron chi connectivity index (χ3n) is 5.30. The first-order chi connectivity index (χ1) is 11.6. The minimum atomic E-state index is -0.545. The van der Waals surface area contributed by atoms with Crippen LogP contribution in [0.2, 0.25) is 0 Å². The van der Waals surface area contributed by atoms with Crippen LogP contribution in [0.25, 0.3) is 0 Å². The molecule has 2 amide bonds. The van der Waals surface area contributed by atoms with Gasteiger partial charge in [0.25, 0.3) is 0 Å². The molecule has 0 spiro atoms. The van der Waals surface area contributed by atoms with Gasteiger partial charge in [-0.25, -0.2) is 0 Å². The SMILES string of the molecule is COc1ccc(C2(C(=O)N[C@@H]3COC[C@@H]3C(N)=O)CCCC2)cc1. The Labute approximate surface area is 141 Å². The maximum absolute atomic E-state index is 13.1. The molecule has 2 fully saturated rings. The first-order valence-electron chi connectivity index (χ1n) is 8.39. The molecular weight excluding hydrogens is 308 g/mol. The number of carbonyl (C=O) groups excluding carboxylic acids is 2. The summed E-state index contributed by atoms with van der Waals surface area (Å²) in [5.41, 5.74) is 5.86. The Bertz CT molecular complexity index is 608. The van der Waals surface area contributed by atoms with Crippen LogP contribution < -0.4 is 15.8 Å². The molecule has 130 valence electrons. The van der Waals surface area contributed by atoms with Crippen LogP contribution in [0.15, 0.2) is 24.3 Å². The number of methoxy groups -OCH3 is 1. The van der Waals surface area contributed by atoms with E-state index in [1.54, 1.807) is 7.11 Å². The third-order valence-corrected chi connectivity index (χ3v) is 5.30. The van der Waals surface area contributed by atoms with Crippen molar-refractivity contribution in [3.63, 3.8) is 0 Å². The molecule has 2 atom stereocenters. The molecule has 3 N–H and O–H groups in total. The van der Waals surface area contributed by atoms with Gasteiger partial charge in [-0.3, -0.25) is 9.59 Å². The Morgan fingerprint density at radius 3 is 2.46 bits per heavy atom. The molecule has 0 bridgehead atoms. The first kappa shape index (κ1) is 16.8. The van der Waals surface area contributed by atoms with Gasteiger partial charge in [0.2, 0.25) is 11.8 Å². The Kier molecular flexibility index (Phi) is 4.76. The molecule has 3 rings (SSSR count). The molecule has 6 nitrogen and oxygen atoms in total. The summed E-state index contributed by atoms with van der Waals surface area (Å²) in [6, 6.07) is 7.34. The third kappa shape index (κ3) is 2.98. The number of benzene rings is 1. The van der Waals surface area contributed by atoms with Gasteiger partial charge >= 0.3 is 0 Å². The number of hydrogen-bond donors (Lipinski definition) is 2. The van der Waals surface area contributed by atoms with Crippen LogP contribution in [0.5, 0.6) is 5.75 Å². The molecule has 24 heavy (non-hydrogen) atoms. The number of nitrogens with one attached hydrogen (secondary N) is 1. The van der Waals surface area contributed by atoms with Gasteiger partial charge in [0.1, 0.15) is 5.75 Å². The summed E-state index contributed by atoms with van der Waals surface area (Å²) in [4.78, 5) is 24.6. The summed E-state index contributed by atoms with van der Waals surface area (Å²) in [7, 11) is 1.62. The predicted molar refractivity (Wildman–Crippen MR) is 88.6 cm³/mol. The molecule has 1 aliphatic carbocycles. The second-order valence-corrected chi connectivity index (χ2v) is 6.64. The molecule has 1 heterocycles. The van der Waals surface area contributed by atoms with Gasteiger partial charge in [0.05, 0.1) is 37.7 Å². The van der Waals surface area contributed by atoms with Crippen LogP contribution in [0, 0.1) is 5.92 Å². The number of rotatable bonds is 5. The molecule has 0 unspecified atom stereocenters. The maximum Gasteiger partial charge on any atom is 0.230 e. The van der Waals surface area contributed by atoms with Gasteiger partial charge in [-0.15, -0.1) is 0 Å². The average molecular weight is 332 g/mol. The van der Waals surface area contributed by atoms with Crippen molar-refractivity contribution in [2.24, 2.45) is 11.7 Å². The van der Waals surface area contributed by atoms with Crippen LogP contribution >= 0.6 is 0 Å². The minimum Gasteiger partial charge on any atom is -0.497 e. The summed E-state index contributed by atoms with van der Waals surface area (Å²) < 4.78 is 10.5. The molecule has 6 heteroatoms. The van der Waals surface area contributed by atoms with E-state index in [9.17, 15) is 9.59 Å². The van der Waals surface area contributed by atoms with Gasteiger partial charge in [0.15, 0.2) is 0 Å². The zero-order valence-corrected chi connectivity index (χ0v) is 13.9. The Morgan fingerprint density at radius 1 is 1.21 bits per heavy atom. The van der Waals surface area contributed by atoms with Crippen molar-refractivity contribution < 1.29 is 19.1 Å². The van der Waals surface area contributed by atoms with E-state index < -0.39 is 17.2 Å². The molecular formula is C18H24N2O4. The lowest BCUT2D eigenvalue weighted by Crippen LogP contribution is -2.51. The Hall–Kier alpha value is -2.08. The van der Waals surface area contributed by atoms with Crippen molar-refractivity contribution in [2.75, 3.05) is 20.3 Å². The largest absolute Gasteiger partial charge is 0.497 e. The highest BCUT2D eigenvalue weighted by atomic mass is 16.5. The van der Waals surface area contributed by atoms with Crippen LogP contribution in [-0.2, 0) is 19.7 Å². The van der Waals surface area contributed by atoms with E-state index in [0.717, 1.165) is 37.0 Å². The maximum atomic E-state index is 13.1. The summed E-state index contributed by atoms with van der Waals surface area (Å²) in [5, 5.41) is 3.02. The molecule has 1 saturated carbocycles. The van der Waals surface area contributed by atoms with Crippen molar-refractivity contribution >= 4 is 11.8 Å². The second kappa shape index (κ2) is 6.81. The highest BCUT2D eigenvalue weighted by Crippen LogP contribution is 2.42. The monoisotopic (exact) mass is 332 g/mol. The first-order valence-corrected chi connectivity index (χ1v) is 8.39. The molecule has 1 saturated heterocycles. The summed E-state index contributed by atoms with van der Waals surface area (Å²) in [6.07, 6.45) is 3.64. The number of ether oxygens (including phenoxy) is 2. The van der Waals surface area contributed by atoms with E-state index >= 15 is 0 Å². The van der Waals surface area contributed by atoms with Crippen molar-refractivity contribution in [1.29, 1.82) is 0 Å². The Balaban J connectivity index is 1.81. The van der Waals surface area contributed by atoms with E-state index in [-0.39, 0.29) is 18.6 Å². The molecule has 1 aromatic rings. The number of amides is 2. The van der Waals surface area contributed by atoms with E-state index in [1.165, 1.54) is 0 Å². The standard InChI is InChI=1S/C18H24N2O4/c1-23-13-6-4-12(5-7-13)18(8-2-3-9-18)17(22)20-15-11-24-10-14(15)16(19)21/h4-7,14-15H,2-3,8-11H2,1H3,(H2,19,21)(H,20,22)/t14-,15+/m0/s1. The molecule has 0 radical (unpaired) electrons. The number of hydrogen-bond acceptors (Lipinski definition) is 4. The molecule has 2 aliphatic rings. The normalized spacial score (nSPS) is 25.4. The van der Waals surface area contributed by atoms with E-state index in [2.05, 4.69) is 5.32 Å². The van der Waals surface area contributed by atoms with Gasteiger partial charge in [-0.2, -0.15) is 0 Å². The fraction of sp³-hybridized carbons (Fsp3) is 0.556. The van der Waals surface area contributed by atoms with Crippen molar-refractivity contribution in [2.45, 2.75) is 37.1 Å². The lowest BCUT2D eigenvalue weighted by molar-refractivity contribution is -0.128. The van der Waals surface area contributed by atoms with Gasteiger partial charge < -0.3 is 20.5 Å². The molecule has 0 aromatic heterocycles. The fourth-order valence-corrected chi connectivity index (χ4v) is 3.82. The van der Waals surface area contributed by atoms with Gasteiger partial charge in [-0.1, -0.05) is 25.0 Å². The topological polar surface area (TPSA) is 90.7 Å². The van der Waals surface area contributed by atoms with Crippen molar-refractivity contribution in [1.82, 2.24) is 5.32 Å². The van der Waals surface area contributed by atoms with Crippen LogP contribution in [-0.4, -0.2) is 38.2 Å². The fourth-order valence-electron chi connectivity index (χ4n) is 3.82. The van der Waals surface area contributed by atoms with Crippen LogP contribution in [0.1, 0.15) is 31.2 Å². The smallest absolute Gasteiger partial charge is 0.230 e. The summed E-state index contributed by atoms with van der Waals surface area (Å²) in [6.45, 7) is 0.605. The lowest BCUT2D eigenvalue weighted by atomic mass is 9.77. The predicted octanol–water partition coefficient (Wildman–Crippen LogP) is 1.12. The summed E-state index contributed by atoms with van der Waals surface area (Å²) in [5.74, 6) is -0.150. The van der Waals surface area contributed by atoms with E-state index in [1.807, 2.05) is 24.3 Å². The van der Waals surface area contributed by atoms with Gasteiger partial charge in [-0.05, 0) is 30.5 Å². The zero-order chi connectivity index (χ0) is 17.2. The highest BCUT2D eigenvalue weighted by molar-refractivity contribution is 5.89. The van der Waals surface area contributed by atoms with E-state index in [0.29, 0.717) is 6.61 Å². The minimum absolute atomic E-state index is 0.0353. The zero-order valence-electron chi connectivity index (χ0n) is 13.9. The highest BCUT2D eigenvalue weighted by Gasteiger charge is 2.45. The van der Waals surface area contributed by atoms with Crippen LogP contribution in [0.3, 0.4) is 0 Å². The number of primary amides is 1. The molecule has 1 aliphatic heterocycles. The number of nitrogens with two attached hydrogens (primary N) is 1. The Morgan fingerprint density at radius 2 is 1.88 bits per heavy atom. The quantitative estimate of drug-likeness (QED) is 0.845. The second-order valence-electron chi connectivity index (χ2n) is 6.64. The average Bonchev–Trinajstić information content (AvgIpc) is 3.25. The summed E-state index contributed by atoms with van der Waals surface area (Å²) >= 11 is 0. The lowest BCUT2D eigenvalue weighted by Gasteiger charge is -2.30. The number of carbonyl (C=O) groups is 2. The van der Waals surface area contributed by atoms with E-state index in [4.69, 9.17) is 15.2 Å².